The van der Waals surface area contributed by atoms with Crippen LogP contribution in [0.4, 0.5) is 13.2 Å². The standard InChI is InChI=1S/C14H19F3OSi/c1-19(2,3)12-6-4-11(5-7-12)13(18)14(8-15,9-16)10-17/h4-7H,8-10H2,1-3H3. The van der Waals surface area contributed by atoms with E-state index in [-0.39, 0.29) is 5.56 Å². The zero-order chi connectivity index (χ0) is 14.7. The summed E-state index contributed by atoms with van der Waals surface area (Å²) >= 11 is 0. The van der Waals surface area contributed by atoms with E-state index in [9.17, 15) is 18.0 Å². The molecule has 1 aromatic rings. The van der Waals surface area contributed by atoms with Crippen LogP contribution in [-0.4, -0.2) is 33.9 Å². The van der Waals surface area contributed by atoms with E-state index in [0.717, 1.165) is 5.19 Å². The molecule has 0 heterocycles. The zero-order valence-corrected chi connectivity index (χ0v) is 12.5. The largest absolute Gasteiger partial charge is 0.293 e. The van der Waals surface area contributed by atoms with Crippen molar-refractivity contribution in [2.45, 2.75) is 19.6 Å². The first-order chi connectivity index (χ1) is 8.80. The molecule has 0 aromatic heterocycles. The van der Waals surface area contributed by atoms with Gasteiger partial charge in [0.1, 0.15) is 25.4 Å². The summed E-state index contributed by atoms with van der Waals surface area (Å²) < 4.78 is 38.5. The molecule has 0 saturated carbocycles. The van der Waals surface area contributed by atoms with Gasteiger partial charge in [-0.05, 0) is 0 Å². The van der Waals surface area contributed by atoms with Gasteiger partial charge in [0.05, 0.1) is 8.07 Å². The summed E-state index contributed by atoms with van der Waals surface area (Å²) in [4.78, 5) is 12.0. The van der Waals surface area contributed by atoms with Gasteiger partial charge in [-0.1, -0.05) is 49.1 Å². The van der Waals surface area contributed by atoms with E-state index >= 15 is 0 Å². The highest BCUT2D eigenvalue weighted by atomic mass is 28.3. The summed E-state index contributed by atoms with van der Waals surface area (Å²) in [7, 11) is -1.50. The third-order valence-corrected chi connectivity index (χ3v) is 5.33. The summed E-state index contributed by atoms with van der Waals surface area (Å²) in [5, 5.41) is 1.13. The molecule has 19 heavy (non-hydrogen) atoms. The van der Waals surface area contributed by atoms with Crippen molar-refractivity contribution < 1.29 is 18.0 Å². The number of ketones is 1. The van der Waals surface area contributed by atoms with Crippen LogP contribution in [0.2, 0.25) is 19.6 Å². The van der Waals surface area contributed by atoms with E-state index < -0.39 is 39.3 Å². The molecule has 1 rings (SSSR count). The Kier molecular flexibility index (Phi) is 4.96. The Morgan fingerprint density at radius 2 is 1.42 bits per heavy atom. The van der Waals surface area contributed by atoms with Gasteiger partial charge >= 0.3 is 0 Å². The summed E-state index contributed by atoms with van der Waals surface area (Å²) in [6.45, 7) is 2.48. The number of carbonyl (C=O) groups is 1. The third-order valence-electron chi connectivity index (χ3n) is 3.26. The van der Waals surface area contributed by atoms with Crippen LogP contribution >= 0.6 is 0 Å². The van der Waals surface area contributed by atoms with E-state index in [1.54, 1.807) is 12.1 Å². The molecule has 0 fully saturated rings. The first-order valence-electron chi connectivity index (χ1n) is 6.14. The highest BCUT2D eigenvalue weighted by Gasteiger charge is 2.40. The Hall–Kier alpha value is -1.10. The monoisotopic (exact) mass is 288 g/mol. The molecule has 0 atom stereocenters. The molecule has 0 radical (unpaired) electrons. The van der Waals surface area contributed by atoms with Gasteiger partial charge in [-0.25, -0.2) is 13.2 Å². The maximum Gasteiger partial charge on any atom is 0.176 e. The number of carbonyl (C=O) groups excluding carboxylic acids is 1. The van der Waals surface area contributed by atoms with Crippen LogP contribution in [0.5, 0.6) is 0 Å². The number of Topliss-reactive ketones (excluding diaryl/α,β-unsaturated/α-hetero) is 1. The van der Waals surface area contributed by atoms with Crippen LogP contribution in [0, 0.1) is 5.41 Å². The van der Waals surface area contributed by atoms with Crippen LogP contribution < -0.4 is 5.19 Å². The molecule has 0 aliphatic carbocycles. The summed E-state index contributed by atoms with van der Waals surface area (Å²) in [6.07, 6.45) is 0. The van der Waals surface area contributed by atoms with Crippen molar-refractivity contribution in [3.8, 4) is 0 Å². The minimum absolute atomic E-state index is 0.162. The summed E-state index contributed by atoms with van der Waals surface area (Å²) in [6, 6.07) is 6.65. The number of hydrogen-bond donors (Lipinski definition) is 0. The van der Waals surface area contributed by atoms with E-state index in [1.165, 1.54) is 12.1 Å². The second-order valence-electron chi connectivity index (χ2n) is 5.84. The first kappa shape index (κ1) is 16.0. The SMILES string of the molecule is C[Si](C)(C)c1ccc(C(=O)C(CF)(CF)CF)cc1. The number of hydrogen-bond acceptors (Lipinski definition) is 1. The van der Waals surface area contributed by atoms with Gasteiger partial charge < -0.3 is 0 Å². The number of alkyl halides is 3. The Labute approximate surface area is 112 Å². The summed E-state index contributed by atoms with van der Waals surface area (Å²) in [5.74, 6) is -0.804. The Morgan fingerprint density at radius 1 is 1.00 bits per heavy atom. The predicted molar refractivity (Wildman–Crippen MR) is 74.1 cm³/mol. The van der Waals surface area contributed by atoms with Gasteiger partial charge in [-0.2, -0.15) is 0 Å². The van der Waals surface area contributed by atoms with E-state index in [2.05, 4.69) is 19.6 Å². The minimum atomic E-state index is -2.17. The molecule has 1 nitrogen and oxygen atoms in total. The molecule has 0 aliphatic heterocycles. The van der Waals surface area contributed by atoms with Gasteiger partial charge in [-0.3, -0.25) is 4.79 Å². The molecule has 0 unspecified atom stereocenters. The fraction of sp³-hybridized carbons (Fsp3) is 0.500. The van der Waals surface area contributed by atoms with Crippen LogP contribution in [0.3, 0.4) is 0 Å². The number of rotatable bonds is 6. The molecule has 0 amide bonds. The van der Waals surface area contributed by atoms with Crippen LogP contribution in [-0.2, 0) is 0 Å². The molecule has 0 bridgehead atoms. The van der Waals surface area contributed by atoms with Crippen molar-refractivity contribution in [3.05, 3.63) is 29.8 Å². The van der Waals surface area contributed by atoms with Crippen molar-refractivity contribution >= 4 is 19.0 Å². The molecule has 1 aromatic carbocycles. The van der Waals surface area contributed by atoms with Crippen LogP contribution in [0.15, 0.2) is 24.3 Å². The average Bonchev–Trinajstić information content (AvgIpc) is 2.40. The fourth-order valence-electron chi connectivity index (χ4n) is 1.72. The third kappa shape index (κ3) is 3.26. The van der Waals surface area contributed by atoms with Gasteiger partial charge in [0.25, 0.3) is 0 Å². The van der Waals surface area contributed by atoms with Gasteiger partial charge in [-0.15, -0.1) is 0 Å². The number of halogens is 3. The van der Waals surface area contributed by atoms with E-state index in [0.29, 0.717) is 0 Å². The highest BCUT2D eigenvalue weighted by molar-refractivity contribution is 6.88. The molecule has 0 saturated heterocycles. The molecular formula is C14H19F3OSi. The van der Waals surface area contributed by atoms with Crippen molar-refractivity contribution in [1.29, 1.82) is 0 Å². The molecule has 0 N–H and O–H groups in total. The van der Waals surface area contributed by atoms with Crippen molar-refractivity contribution in [2.24, 2.45) is 5.41 Å². The second kappa shape index (κ2) is 5.90. The predicted octanol–water partition coefficient (Wildman–Crippen LogP) is 3.31. The van der Waals surface area contributed by atoms with Gasteiger partial charge in [0, 0.05) is 5.56 Å². The lowest BCUT2D eigenvalue weighted by Gasteiger charge is -2.23. The Bertz CT molecular complexity index is 425. The van der Waals surface area contributed by atoms with Gasteiger partial charge in [0.2, 0.25) is 0 Å². The van der Waals surface area contributed by atoms with Crippen LogP contribution in [0.25, 0.3) is 0 Å². The maximum absolute atomic E-state index is 12.8. The highest BCUT2D eigenvalue weighted by Crippen LogP contribution is 2.25. The van der Waals surface area contributed by atoms with E-state index in [4.69, 9.17) is 0 Å². The lowest BCUT2D eigenvalue weighted by molar-refractivity contribution is 0.0599. The van der Waals surface area contributed by atoms with Crippen molar-refractivity contribution in [1.82, 2.24) is 0 Å². The Balaban J connectivity index is 3.07. The molecular weight excluding hydrogens is 269 g/mol. The molecule has 0 spiro atoms. The normalized spacial score (nSPS) is 12.5. The quantitative estimate of drug-likeness (QED) is 0.580. The lowest BCUT2D eigenvalue weighted by Crippen LogP contribution is -2.39. The Morgan fingerprint density at radius 3 is 1.74 bits per heavy atom. The zero-order valence-electron chi connectivity index (χ0n) is 11.5. The minimum Gasteiger partial charge on any atom is -0.293 e. The summed E-state index contributed by atoms with van der Waals surface area (Å²) in [5.41, 5.74) is -2.00. The maximum atomic E-state index is 12.8. The number of benzene rings is 1. The molecule has 5 heteroatoms. The fourth-order valence-corrected chi connectivity index (χ4v) is 2.88. The van der Waals surface area contributed by atoms with Crippen molar-refractivity contribution in [3.63, 3.8) is 0 Å². The second-order valence-corrected chi connectivity index (χ2v) is 10.9. The smallest absolute Gasteiger partial charge is 0.176 e. The lowest BCUT2D eigenvalue weighted by atomic mass is 9.84. The van der Waals surface area contributed by atoms with Gasteiger partial charge in [0.15, 0.2) is 5.78 Å². The van der Waals surface area contributed by atoms with E-state index in [1.807, 2.05) is 0 Å². The molecule has 106 valence electrons. The topological polar surface area (TPSA) is 17.1 Å². The van der Waals surface area contributed by atoms with Crippen molar-refractivity contribution in [2.75, 3.05) is 20.0 Å². The first-order valence-corrected chi connectivity index (χ1v) is 9.64. The molecule has 0 aliphatic rings. The average molecular weight is 288 g/mol. The van der Waals surface area contributed by atoms with Crippen LogP contribution in [0.1, 0.15) is 10.4 Å².